The van der Waals surface area contributed by atoms with Gasteiger partial charge in [0.25, 0.3) is 0 Å². The van der Waals surface area contributed by atoms with E-state index in [1.807, 2.05) is 54.6 Å². The number of nitrogens with one attached hydrogen (secondary N) is 1. The fraction of sp³-hybridized carbons (Fsp3) is 0.0732. The molecule has 0 bridgehead atoms. The van der Waals surface area contributed by atoms with Crippen LogP contribution in [-0.4, -0.2) is 40.7 Å². The van der Waals surface area contributed by atoms with Crippen LogP contribution in [0.3, 0.4) is 0 Å². The van der Waals surface area contributed by atoms with Crippen LogP contribution in [0.2, 0.25) is 0 Å². The average molecular weight is 626 g/mol. The summed E-state index contributed by atoms with van der Waals surface area (Å²) in [6.45, 7) is 8.39. The highest BCUT2D eigenvalue weighted by Crippen LogP contribution is 2.36. The summed E-state index contributed by atoms with van der Waals surface area (Å²) >= 11 is 0. The van der Waals surface area contributed by atoms with Crippen LogP contribution in [0.4, 0.5) is 5.82 Å². The van der Waals surface area contributed by atoms with Gasteiger partial charge in [-0.25, -0.2) is 9.98 Å². The molecule has 7 nitrogen and oxygen atoms in total. The molecule has 48 heavy (non-hydrogen) atoms. The molecule has 1 unspecified atom stereocenters. The lowest BCUT2D eigenvalue weighted by atomic mass is 10.1. The van der Waals surface area contributed by atoms with Gasteiger partial charge in [-0.3, -0.25) is 9.98 Å². The summed E-state index contributed by atoms with van der Waals surface area (Å²) in [5, 5.41) is 6.15. The highest BCUT2D eigenvalue weighted by molar-refractivity contribution is 6.10. The predicted octanol–water partition coefficient (Wildman–Crippen LogP) is 8.99. The topological polar surface area (TPSA) is 71.3 Å². The van der Waals surface area contributed by atoms with Crippen molar-refractivity contribution in [2.45, 2.75) is 12.8 Å². The molecule has 1 aliphatic heterocycles. The van der Waals surface area contributed by atoms with Gasteiger partial charge in [0.05, 0.1) is 29.8 Å². The van der Waals surface area contributed by atoms with Gasteiger partial charge in [0.15, 0.2) is 5.84 Å². The fourth-order valence-corrected chi connectivity index (χ4v) is 6.13. The molecule has 3 heterocycles. The lowest BCUT2D eigenvalue weighted by Gasteiger charge is -2.27. The maximum absolute atomic E-state index is 5.08. The minimum Gasteiger partial charge on any atom is -0.332 e. The number of benzene rings is 5. The summed E-state index contributed by atoms with van der Waals surface area (Å²) in [6.07, 6.45) is 1.80. The van der Waals surface area contributed by atoms with E-state index in [1.165, 1.54) is 16.3 Å². The second kappa shape index (κ2) is 14.0. The molecule has 2 aromatic heterocycles. The Hall–Kier alpha value is -6.34. The summed E-state index contributed by atoms with van der Waals surface area (Å²) in [5.74, 6) is 1.71. The first-order valence-electron chi connectivity index (χ1n) is 15.9. The third-order valence-corrected chi connectivity index (χ3v) is 8.33. The Labute approximate surface area is 280 Å². The van der Waals surface area contributed by atoms with Crippen LogP contribution in [0.5, 0.6) is 0 Å². The third-order valence-electron chi connectivity index (χ3n) is 8.33. The highest BCUT2D eigenvalue weighted by atomic mass is 15.3. The van der Waals surface area contributed by atoms with Crippen LogP contribution in [-0.2, 0) is 6.54 Å². The molecule has 1 N–H and O–H groups in total. The van der Waals surface area contributed by atoms with Gasteiger partial charge < -0.3 is 14.5 Å². The Morgan fingerprint density at radius 3 is 1.88 bits per heavy atom. The average Bonchev–Trinajstić information content (AvgIpc) is 3.73. The molecule has 0 aliphatic carbocycles. The number of fused-ring (bicyclic) bond motifs is 4. The van der Waals surface area contributed by atoms with Crippen molar-refractivity contribution in [1.82, 2.24) is 9.13 Å². The molecule has 0 radical (unpaired) electrons. The van der Waals surface area contributed by atoms with E-state index in [4.69, 9.17) is 4.99 Å². The van der Waals surface area contributed by atoms with Crippen LogP contribution in [0.25, 0.3) is 27.5 Å². The number of anilines is 1. The van der Waals surface area contributed by atoms with Crippen LogP contribution in [0.1, 0.15) is 23.0 Å². The summed E-state index contributed by atoms with van der Waals surface area (Å²) < 4.78 is 4.45. The number of aromatic nitrogens is 2. The molecule has 8 rings (SSSR count). The highest BCUT2D eigenvalue weighted by Gasteiger charge is 2.27. The minimum atomic E-state index is -0.286. The van der Waals surface area contributed by atoms with E-state index in [0.717, 1.165) is 39.4 Å². The Morgan fingerprint density at radius 1 is 0.667 bits per heavy atom. The van der Waals surface area contributed by atoms with E-state index in [-0.39, 0.29) is 6.29 Å². The SMILES string of the molecule is C=NC(=NCc1ccccc1)c1ccccc1.C=NCC1=NC(n2c3ccccc3c3ccccc32)Nc2c1ccn2-c1ccccc1. The zero-order valence-electron chi connectivity index (χ0n) is 26.5. The zero-order valence-corrected chi connectivity index (χ0v) is 26.5. The lowest BCUT2D eigenvalue weighted by Crippen LogP contribution is -2.26. The maximum atomic E-state index is 5.08. The minimum absolute atomic E-state index is 0.286. The number of hydrogen-bond acceptors (Lipinski definition) is 4. The maximum Gasteiger partial charge on any atom is 0.202 e. The molecular weight excluding hydrogens is 591 g/mol. The molecule has 7 heteroatoms. The summed E-state index contributed by atoms with van der Waals surface area (Å²) in [5.41, 5.74) is 7.57. The smallest absolute Gasteiger partial charge is 0.202 e. The van der Waals surface area contributed by atoms with Gasteiger partial charge in [0.1, 0.15) is 5.82 Å². The number of nitrogens with zero attached hydrogens (tertiary/aromatic N) is 6. The van der Waals surface area contributed by atoms with E-state index in [2.05, 4.69) is 140 Å². The predicted molar refractivity (Wildman–Crippen MR) is 201 cm³/mol. The molecular formula is C41H35N7. The van der Waals surface area contributed by atoms with Crippen molar-refractivity contribution in [3.05, 3.63) is 168 Å². The van der Waals surface area contributed by atoms with E-state index in [9.17, 15) is 0 Å². The van der Waals surface area contributed by atoms with Crippen molar-refractivity contribution in [2.75, 3.05) is 11.9 Å². The largest absolute Gasteiger partial charge is 0.332 e. The van der Waals surface area contributed by atoms with Gasteiger partial charge in [0, 0.05) is 33.8 Å². The number of para-hydroxylation sites is 3. The van der Waals surface area contributed by atoms with E-state index < -0.39 is 0 Å². The molecule has 1 atom stereocenters. The fourth-order valence-electron chi connectivity index (χ4n) is 6.13. The molecule has 234 valence electrons. The van der Waals surface area contributed by atoms with Gasteiger partial charge in [0.2, 0.25) is 6.29 Å². The van der Waals surface area contributed by atoms with Gasteiger partial charge in [-0.1, -0.05) is 115 Å². The van der Waals surface area contributed by atoms with Gasteiger partial charge in [-0.15, -0.1) is 0 Å². The van der Waals surface area contributed by atoms with E-state index in [0.29, 0.717) is 18.9 Å². The molecule has 1 aliphatic rings. The number of rotatable bonds is 7. The van der Waals surface area contributed by atoms with Crippen molar-refractivity contribution in [3.63, 3.8) is 0 Å². The van der Waals surface area contributed by atoms with Crippen LogP contribution >= 0.6 is 0 Å². The van der Waals surface area contributed by atoms with Crippen molar-refractivity contribution in [1.29, 1.82) is 0 Å². The third kappa shape index (κ3) is 6.09. The first kappa shape index (κ1) is 30.3. The molecule has 0 saturated heterocycles. The molecule has 0 amide bonds. The van der Waals surface area contributed by atoms with Gasteiger partial charge >= 0.3 is 0 Å². The van der Waals surface area contributed by atoms with Crippen molar-refractivity contribution >= 4 is 52.6 Å². The van der Waals surface area contributed by atoms with Crippen molar-refractivity contribution in [2.24, 2.45) is 20.0 Å². The first-order valence-corrected chi connectivity index (χ1v) is 15.9. The summed E-state index contributed by atoms with van der Waals surface area (Å²) in [7, 11) is 0. The molecule has 0 spiro atoms. The van der Waals surface area contributed by atoms with E-state index in [1.54, 1.807) is 0 Å². The van der Waals surface area contributed by atoms with Crippen LogP contribution in [0, 0.1) is 0 Å². The second-order valence-corrected chi connectivity index (χ2v) is 11.3. The molecule has 0 saturated carbocycles. The first-order chi connectivity index (χ1) is 23.7. The van der Waals surface area contributed by atoms with E-state index >= 15 is 0 Å². The standard InChI is InChI=1S/C26H21N5.C15H14N2/c1-27-17-22-21-15-16-30(18-9-3-2-4-10-18)25(21)29-26(28-22)31-23-13-7-5-11-19(23)20-12-6-8-14-24(20)31;1-16-15(14-10-6-3-7-11-14)17-12-13-8-4-2-5-9-13/h2-16,26,29H,1,17H2;2-11H,1,12H2. The quantitative estimate of drug-likeness (QED) is 0.139. The Bertz CT molecular complexity index is 2190. The lowest BCUT2D eigenvalue weighted by molar-refractivity contribution is 0.617. The van der Waals surface area contributed by atoms with Gasteiger partial charge in [-0.05, 0) is 49.3 Å². The van der Waals surface area contributed by atoms with Crippen LogP contribution in [0.15, 0.2) is 172 Å². The summed E-state index contributed by atoms with van der Waals surface area (Å²) in [6, 6.07) is 49.4. The number of aliphatic imine (C=N–C) groups is 4. The Kier molecular flexibility index (Phi) is 8.82. The Morgan fingerprint density at radius 2 is 1.25 bits per heavy atom. The molecule has 0 fully saturated rings. The second-order valence-electron chi connectivity index (χ2n) is 11.3. The zero-order chi connectivity index (χ0) is 32.7. The number of amidine groups is 1. The molecule has 5 aromatic carbocycles. The molecule has 7 aromatic rings. The summed E-state index contributed by atoms with van der Waals surface area (Å²) in [4.78, 5) is 17.7. The monoisotopic (exact) mass is 625 g/mol. The van der Waals surface area contributed by atoms with Crippen molar-refractivity contribution < 1.29 is 0 Å². The normalized spacial score (nSPS) is 14.0. The van der Waals surface area contributed by atoms with Crippen LogP contribution < -0.4 is 5.32 Å². The Balaban J connectivity index is 0.000000182. The number of hydrogen-bond donors (Lipinski definition) is 1. The van der Waals surface area contributed by atoms with Crippen molar-refractivity contribution in [3.8, 4) is 5.69 Å². The van der Waals surface area contributed by atoms with Gasteiger partial charge in [-0.2, -0.15) is 0 Å².